The van der Waals surface area contributed by atoms with E-state index in [0.29, 0.717) is 11.8 Å². The molecule has 2 atom stereocenters. The van der Waals surface area contributed by atoms with E-state index in [1.54, 1.807) is 0 Å². The largest absolute Gasteiger partial charge is 0.0740 e. The molecule has 2 aliphatic rings. The molecule has 0 fully saturated rings. The maximum atomic E-state index is 3.82. The third-order valence-corrected chi connectivity index (χ3v) is 6.47. The topological polar surface area (TPSA) is 0 Å². The van der Waals surface area contributed by atoms with Crippen molar-refractivity contribution in [3.63, 3.8) is 0 Å². The minimum atomic E-state index is 0.475. The van der Waals surface area contributed by atoms with Gasteiger partial charge in [-0.05, 0) is 73.6 Å². The Kier molecular flexibility index (Phi) is 4.33. The first-order valence-electron chi connectivity index (χ1n) is 8.89. The van der Waals surface area contributed by atoms with E-state index in [1.165, 1.54) is 55.3 Å². The normalized spacial score (nSPS) is 24.0. The minimum absolute atomic E-state index is 0.475. The van der Waals surface area contributed by atoms with Gasteiger partial charge in [0.15, 0.2) is 0 Å². The van der Waals surface area contributed by atoms with Gasteiger partial charge in [-0.3, -0.25) is 0 Å². The van der Waals surface area contributed by atoms with Gasteiger partial charge in [-0.2, -0.15) is 0 Å². The Morgan fingerprint density at radius 2 is 1.25 bits per heavy atom. The molecule has 0 amide bonds. The Morgan fingerprint density at radius 3 is 1.71 bits per heavy atom. The standard InChI is InChI=1S/C23H27Si/c1-12-10-14(3)21(16(12)5)19-8-9-20(24)18(7)23(19)22-15(4)11-13(2)17(22)6/h8-11,14-15H,1-7H3. The zero-order chi connectivity index (χ0) is 17.8. The molecule has 3 radical (unpaired) electrons. The Hall–Kier alpha value is -1.60. The molecule has 123 valence electrons. The van der Waals surface area contributed by atoms with Gasteiger partial charge < -0.3 is 0 Å². The van der Waals surface area contributed by atoms with Crippen LogP contribution in [0.25, 0.3) is 11.1 Å². The molecule has 0 bridgehead atoms. The fraction of sp³-hybridized carbons (Fsp3) is 0.391. The van der Waals surface area contributed by atoms with Gasteiger partial charge >= 0.3 is 0 Å². The van der Waals surface area contributed by atoms with Crippen LogP contribution in [0.1, 0.15) is 58.2 Å². The molecule has 3 rings (SSSR count). The Balaban J connectivity index is 2.31. The van der Waals surface area contributed by atoms with Crippen LogP contribution in [0, 0.1) is 18.8 Å². The molecule has 0 spiro atoms. The van der Waals surface area contributed by atoms with Gasteiger partial charge in [-0.25, -0.2) is 0 Å². The van der Waals surface area contributed by atoms with Crippen LogP contribution in [0.3, 0.4) is 0 Å². The van der Waals surface area contributed by atoms with Crippen LogP contribution in [0.15, 0.2) is 46.6 Å². The monoisotopic (exact) mass is 331 g/mol. The van der Waals surface area contributed by atoms with Crippen molar-refractivity contribution >= 4 is 26.6 Å². The Morgan fingerprint density at radius 1 is 0.750 bits per heavy atom. The Labute approximate surface area is 150 Å². The van der Waals surface area contributed by atoms with Crippen molar-refractivity contribution in [2.45, 2.75) is 48.5 Å². The fourth-order valence-electron chi connectivity index (χ4n) is 4.42. The third kappa shape index (κ3) is 2.50. The minimum Gasteiger partial charge on any atom is -0.0740 e. The van der Waals surface area contributed by atoms with E-state index >= 15 is 0 Å². The summed E-state index contributed by atoms with van der Waals surface area (Å²) in [6, 6.07) is 4.52. The first-order valence-corrected chi connectivity index (χ1v) is 9.39. The lowest BCUT2D eigenvalue weighted by molar-refractivity contribution is 0.958. The summed E-state index contributed by atoms with van der Waals surface area (Å²) in [5.41, 5.74) is 12.9. The lowest BCUT2D eigenvalue weighted by Gasteiger charge is -2.23. The van der Waals surface area contributed by atoms with Crippen LogP contribution < -0.4 is 5.19 Å². The molecule has 24 heavy (non-hydrogen) atoms. The van der Waals surface area contributed by atoms with Gasteiger partial charge in [-0.1, -0.05) is 54.5 Å². The molecule has 2 unspecified atom stereocenters. The second-order valence-electron chi connectivity index (χ2n) is 7.51. The van der Waals surface area contributed by atoms with Crippen LogP contribution in [0.4, 0.5) is 0 Å². The second kappa shape index (κ2) is 6.04. The highest BCUT2D eigenvalue weighted by atomic mass is 28.1. The van der Waals surface area contributed by atoms with Crippen molar-refractivity contribution < 1.29 is 0 Å². The summed E-state index contributed by atoms with van der Waals surface area (Å²) in [6.07, 6.45) is 4.80. The second-order valence-corrected chi connectivity index (χ2v) is 8.05. The summed E-state index contributed by atoms with van der Waals surface area (Å²) in [7, 11) is 3.82. The predicted molar refractivity (Wildman–Crippen MR) is 108 cm³/mol. The molecule has 1 aromatic carbocycles. The quantitative estimate of drug-likeness (QED) is 0.625. The van der Waals surface area contributed by atoms with Crippen molar-refractivity contribution in [2.75, 3.05) is 0 Å². The SMILES string of the molecule is CC1=CC(C)C(c2ccc([Si])c(C)c2C2=C(C)C(C)=CC2C)=C1C. The first kappa shape index (κ1) is 17.2. The summed E-state index contributed by atoms with van der Waals surface area (Å²) < 4.78 is 0. The molecule has 1 aromatic rings. The van der Waals surface area contributed by atoms with Gasteiger partial charge in [0.25, 0.3) is 0 Å². The van der Waals surface area contributed by atoms with Gasteiger partial charge in [-0.15, -0.1) is 0 Å². The summed E-state index contributed by atoms with van der Waals surface area (Å²) in [4.78, 5) is 0. The summed E-state index contributed by atoms with van der Waals surface area (Å²) >= 11 is 0. The van der Waals surface area contributed by atoms with Crippen LogP contribution in [-0.2, 0) is 0 Å². The lowest BCUT2D eigenvalue weighted by Crippen LogP contribution is -2.14. The molecular formula is C23H27Si. The van der Waals surface area contributed by atoms with E-state index in [9.17, 15) is 0 Å². The van der Waals surface area contributed by atoms with Crippen LogP contribution in [0.2, 0.25) is 0 Å². The number of hydrogen-bond acceptors (Lipinski definition) is 0. The van der Waals surface area contributed by atoms with Crippen LogP contribution in [0.5, 0.6) is 0 Å². The summed E-state index contributed by atoms with van der Waals surface area (Å²) in [6.45, 7) is 15.9. The van der Waals surface area contributed by atoms with Crippen molar-refractivity contribution in [1.82, 2.24) is 0 Å². The lowest BCUT2D eigenvalue weighted by atomic mass is 9.82. The highest BCUT2D eigenvalue weighted by Gasteiger charge is 2.28. The molecule has 0 heterocycles. The third-order valence-electron chi connectivity index (χ3n) is 5.93. The van der Waals surface area contributed by atoms with E-state index in [4.69, 9.17) is 0 Å². The zero-order valence-electron chi connectivity index (χ0n) is 16.0. The highest BCUT2D eigenvalue weighted by Crippen LogP contribution is 2.45. The maximum Gasteiger partial charge on any atom is 0.0715 e. The van der Waals surface area contributed by atoms with E-state index in [1.807, 2.05) is 0 Å². The van der Waals surface area contributed by atoms with Crippen LogP contribution >= 0.6 is 0 Å². The van der Waals surface area contributed by atoms with Gasteiger partial charge in [0, 0.05) is 11.8 Å². The fourth-order valence-corrected chi connectivity index (χ4v) is 4.63. The summed E-state index contributed by atoms with van der Waals surface area (Å²) in [5, 5.41) is 1.19. The zero-order valence-corrected chi connectivity index (χ0v) is 17.0. The average Bonchev–Trinajstić information content (AvgIpc) is 2.91. The van der Waals surface area contributed by atoms with E-state index in [0.717, 1.165) is 0 Å². The van der Waals surface area contributed by atoms with Crippen molar-refractivity contribution in [3.05, 3.63) is 63.3 Å². The number of allylic oxidation sites excluding steroid dienone is 8. The van der Waals surface area contributed by atoms with Gasteiger partial charge in [0.1, 0.15) is 0 Å². The summed E-state index contributed by atoms with van der Waals surface area (Å²) in [5.74, 6) is 0.956. The maximum absolute atomic E-state index is 3.82. The molecule has 0 aliphatic heterocycles. The smallest absolute Gasteiger partial charge is 0.0715 e. The molecular weight excluding hydrogens is 304 g/mol. The molecule has 0 nitrogen and oxygen atoms in total. The van der Waals surface area contributed by atoms with Crippen molar-refractivity contribution in [2.24, 2.45) is 11.8 Å². The highest BCUT2D eigenvalue weighted by molar-refractivity contribution is 6.33. The predicted octanol–water partition coefficient (Wildman–Crippen LogP) is 5.53. The molecule has 0 saturated heterocycles. The Bertz CT molecular complexity index is 843. The van der Waals surface area contributed by atoms with Crippen molar-refractivity contribution in [1.29, 1.82) is 0 Å². The first-order chi connectivity index (χ1) is 11.2. The number of hydrogen-bond donors (Lipinski definition) is 0. The average molecular weight is 332 g/mol. The molecule has 0 saturated carbocycles. The molecule has 0 aromatic heterocycles. The van der Waals surface area contributed by atoms with Crippen LogP contribution in [-0.4, -0.2) is 10.2 Å². The van der Waals surface area contributed by atoms with Gasteiger partial charge in [0.05, 0.1) is 10.2 Å². The van der Waals surface area contributed by atoms with E-state index in [2.05, 4.69) is 83.0 Å². The molecule has 0 N–H and O–H groups in total. The van der Waals surface area contributed by atoms with E-state index in [-0.39, 0.29) is 0 Å². The number of benzene rings is 1. The number of rotatable bonds is 2. The molecule has 2 aliphatic carbocycles. The molecule has 1 heteroatoms. The van der Waals surface area contributed by atoms with Crippen molar-refractivity contribution in [3.8, 4) is 0 Å². The van der Waals surface area contributed by atoms with Gasteiger partial charge in [0.2, 0.25) is 0 Å². The van der Waals surface area contributed by atoms with E-state index < -0.39 is 0 Å².